The third-order valence-electron chi connectivity index (χ3n) is 3.13. The maximum Gasteiger partial charge on any atom is 0.127 e. The van der Waals surface area contributed by atoms with Gasteiger partial charge in [0, 0.05) is 24.3 Å². The molecular weight excluding hydrogens is 236 g/mol. The zero-order chi connectivity index (χ0) is 12.9. The lowest BCUT2D eigenvalue weighted by molar-refractivity contribution is 0.305. The molecular formula is C16H16N2O. The summed E-state index contributed by atoms with van der Waals surface area (Å²) in [4.78, 5) is 4.02. The Hall–Kier alpha value is -2.29. The molecule has 19 heavy (non-hydrogen) atoms. The molecule has 0 bridgehead atoms. The summed E-state index contributed by atoms with van der Waals surface area (Å²) in [5.74, 6) is 0.962. The lowest BCUT2D eigenvalue weighted by Gasteiger charge is -2.09. The Balaban J connectivity index is 1.62. The average molecular weight is 252 g/mol. The summed E-state index contributed by atoms with van der Waals surface area (Å²) in [6, 6.07) is 14.5. The van der Waals surface area contributed by atoms with Crippen LogP contribution in [0.2, 0.25) is 0 Å². The van der Waals surface area contributed by atoms with Crippen molar-refractivity contribution in [2.75, 3.05) is 6.61 Å². The molecule has 0 amide bonds. The van der Waals surface area contributed by atoms with Gasteiger partial charge in [-0.1, -0.05) is 36.4 Å². The Bertz CT molecular complexity index is 641. The fourth-order valence-corrected chi connectivity index (χ4v) is 2.17. The molecule has 0 radical (unpaired) electrons. The number of imidazole rings is 1. The number of benzene rings is 2. The van der Waals surface area contributed by atoms with Gasteiger partial charge >= 0.3 is 0 Å². The summed E-state index contributed by atoms with van der Waals surface area (Å²) >= 11 is 0. The van der Waals surface area contributed by atoms with Crippen LogP contribution < -0.4 is 4.74 Å². The van der Waals surface area contributed by atoms with E-state index in [0.29, 0.717) is 6.61 Å². The fourth-order valence-electron chi connectivity index (χ4n) is 2.17. The second-order valence-electron chi connectivity index (χ2n) is 4.48. The zero-order valence-electron chi connectivity index (χ0n) is 10.7. The summed E-state index contributed by atoms with van der Waals surface area (Å²) < 4.78 is 7.95. The highest BCUT2D eigenvalue weighted by atomic mass is 16.5. The van der Waals surface area contributed by atoms with E-state index in [1.165, 1.54) is 10.8 Å². The molecule has 3 heteroatoms. The van der Waals surface area contributed by atoms with Crippen LogP contribution in [0.4, 0.5) is 0 Å². The van der Waals surface area contributed by atoms with Gasteiger partial charge in [-0.3, -0.25) is 0 Å². The highest BCUT2D eigenvalue weighted by Gasteiger charge is 2.00. The first-order chi connectivity index (χ1) is 9.43. The van der Waals surface area contributed by atoms with Crippen molar-refractivity contribution < 1.29 is 4.74 Å². The Morgan fingerprint density at radius 3 is 2.84 bits per heavy atom. The van der Waals surface area contributed by atoms with Gasteiger partial charge in [-0.2, -0.15) is 0 Å². The summed E-state index contributed by atoms with van der Waals surface area (Å²) in [6.07, 6.45) is 6.57. The van der Waals surface area contributed by atoms with E-state index in [9.17, 15) is 0 Å². The Morgan fingerprint density at radius 1 is 1.05 bits per heavy atom. The van der Waals surface area contributed by atoms with Gasteiger partial charge in [-0.15, -0.1) is 0 Å². The minimum atomic E-state index is 0.714. The van der Waals surface area contributed by atoms with E-state index in [-0.39, 0.29) is 0 Å². The van der Waals surface area contributed by atoms with Crippen LogP contribution in [0, 0.1) is 0 Å². The standard InChI is InChI=1S/C16H16N2O/c1-2-7-15-14(5-1)6-3-8-16(15)19-12-4-10-18-11-9-17-13-18/h1-3,5-9,11,13H,4,10,12H2. The van der Waals surface area contributed by atoms with E-state index in [0.717, 1.165) is 18.7 Å². The van der Waals surface area contributed by atoms with Crippen molar-refractivity contribution >= 4 is 10.8 Å². The highest BCUT2D eigenvalue weighted by molar-refractivity contribution is 5.88. The summed E-state index contributed by atoms with van der Waals surface area (Å²) in [7, 11) is 0. The Labute approximate surface area is 112 Å². The molecule has 0 N–H and O–H groups in total. The molecule has 0 aliphatic heterocycles. The first-order valence-electron chi connectivity index (χ1n) is 6.50. The van der Waals surface area contributed by atoms with E-state index >= 15 is 0 Å². The Kier molecular flexibility index (Phi) is 3.45. The topological polar surface area (TPSA) is 27.1 Å². The van der Waals surface area contributed by atoms with Gasteiger partial charge in [0.1, 0.15) is 5.75 Å². The van der Waals surface area contributed by atoms with Gasteiger partial charge in [-0.05, 0) is 17.9 Å². The van der Waals surface area contributed by atoms with Crippen LogP contribution in [0.1, 0.15) is 6.42 Å². The van der Waals surface area contributed by atoms with E-state index in [4.69, 9.17) is 4.74 Å². The van der Waals surface area contributed by atoms with Crippen molar-refractivity contribution in [1.29, 1.82) is 0 Å². The van der Waals surface area contributed by atoms with E-state index < -0.39 is 0 Å². The molecule has 2 aromatic carbocycles. The summed E-state index contributed by atoms with van der Waals surface area (Å²) in [5.41, 5.74) is 0. The number of hydrogen-bond acceptors (Lipinski definition) is 2. The number of hydrogen-bond donors (Lipinski definition) is 0. The van der Waals surface area contributed by atoms with E-state index in [1.54, 1.807) is 6.20 Å². The maximum absolute atomic E-state index is 5.88. The molecule has 0 aliphatic carbocycles. The van der Waals surface area contributed by atoms with E-state index in [2.05, 4.69) is 27.8 Å². The predicted octanol–water partition coefficient (Wildman–Crippen LogP) is 3.51. The minimum Gasteiger partial charge on any atom is -0.493 e. The average Bonchev–Trinajstić information content (AvgIpc) is 2.97. The number of nitrogens with zero attached hydrogens (tertiary/aromatic N) is 2. The molecule has 1 aromatic heterocycles. The third-order valence-corrected chi connectivity index (χ3v) is 3.13. The lowest BCUT2D eigenvalue weighted by Crippen LogP contribution is -2.03. The van der Waals surface area contributed by atoms with E-state index in [1.807, 2.05) is 36.8 Å². The number of aromatic nitrogens is 2. The molecule has 0 unspecified atom stereocenters. The van der Waals surface area contributed by atoms with Crippen molar-refractivity contribution in [2.45, 2.75) is 13.0 Å². The normalized spacial score (nSPS) is 10.7. The molecule has 0 saturated carbocycles. The van der Waals surface area contributed by atoms with Gasteiger partial charge in [0.05, 0.1) is 12.9 Å². The van der Waals surface area contributed by atoms with Gasteiger partial charge in [-0.25, -0.2) is 4.98 Å². The van der Waals surface area contributed by atoms with Crippen molar-refractivity contribution in [2.24, 2.45) is 0 Å². The number of aryl methyl sites for hydroxylation is 1. The summed E-state index contributed by atoms with van der Waals surface area (Å²) in [5, 5.41) is 2.39. The number of fused-ring (bicyclic) bond motifs is 1. The van der Waals surface area contributed by atoms with Crippen molar-refractivity contribution in [3.63, 3.8) is 0 Å². The second-order valence-corrected chi connectivity index (χ2v) is 4.48. The molecule has 3 rings (SSSR count). The SMILES string of the molecule is c1ccc2c(OCCCn3ccnc3)cccc2c1. The van der Waals surface area contributed by atoms with Crippen LogP contribution >= 0.6 is 0 Å². The lowest BCUT2D eigenvalue weighted by atomic mass is 10.1. The molecule has 0 saturated heterocycles. The van der Waals surface area contributed by atoms with Gasteiger partial charge in [0.2, 0.25) is 0 Å². The largest absolute Gasteiger partial charge is 0.493 e. The summed E-state index contributed by atoms with van der Waals surface area (Å²) in [6.45, 7) is 1.65. The van der Waals surface area contributed by atoms with Crippen LogP contribution in [0.3, 0.4) is 0 Å². The molecule has 96 valence electrons. The monoisotopic (exact) mass is 252 g/mol. The molecule has 3 nitrogen and oxygen atoms in total. The zero-order valence-corrected chi connectivity index (χ0v) is 10.7. The van der Waals surface area contributed by atoms with Gasteiger partial charge in [0.15, 0.2) is 0 Å². The first-order valence-corrected chi connectivity index (χ1v) is 6.50. The third kappa shape index (κ3) is 2.76. The molecule has 0 atom stereocenters. The van der Waals surface area contributed by atoms with Crippen molar-refractivity contribution in [1.82, 2.24) is 9.55 Å². The molecule has 0 aliphatic rings. The van der Waals surface area contributed by atoms with Gasteiger partial charge < -0.3 is 9.30 Å². The fraction of sp³-hybridized carbons (Fsp3) is 0.188. The number of ether oxygens (including phenoxy) is 1. The molecule has 3 aromatic rings. The van der Waals surface area contributed by atoms with Crippen LogP contribution in [0.5, 0.6) is 5.75 Å². The van der Waals surface area contributed by atoms with Gasteiger partial charge in [0.25, 0.3) is 0 Å². The second kappa shape index (κ2) is 5.57. The highest BCUT2D eigenvalue weighted by Crippen LogP contribution is 2.25. The van der Waals surface area contributed by atoms with Crippen LogP contribution in [0.25, 0.3) is 10.8 Å². The Morgan fingerprint density at radius 2 is 1.95 bits per heavy atom. The van der Waals surface area contributed by atoms with Crippen LogP contribution in [-0.2, 0) is 6.54 Å². The molecule has 1 heterocycles. The smallest absolute Gasteiger partial charge is 0.127 e. The minimum absolute atomic E-state index is 0.714. The van der Waals surface area contributed by atoms with Crippen molar-refractivity contribution in [3.8, 4) is 5.75 Å². The molecule has 0 spiro atoms. The van der Waals surface area contributed by atoms with Crippen LogP contribution in [-0.4, -0.2) is 16.2 Å². The quantitative estimate of drug-likeness (QED) is 0.650. The molecule has 0 fully saturated rings. The first kappa shape index (κ1) is 11.8. The predicted molar refractivity (Wildman–Crippen MR) is 76.3 cm³/mol. The van der Waals surface area contributed by atoms with Crippen molar-refractivity contribution in [3.05, 3.63) is 61.2 Å². The maximum atomic E-state index is 5.88. The number of rotatable bonds is 5. The van der Waals surface area contributed by atoms with Crippen LogP contribution in [0.15, 0.2) is 61.2 Å².